The van der Waals surface area contributed by atoms with Crippen molar-refractivity contribution in [2.24, 2.45) is 0 Å². The highest BCUT2D eigenvalue weighted by Gasteiger charge is 2.55. The van der Waals surface area contributed by atoms with Gasteiger partial charge in [0.1, 0.15) is 11.5 Å². The van der Waals surface area contributed by atoms with Gasteiger partial charge in [-0.05, 0) is 50.5 Å². The molecule has 0 bridgehead atoms. The number of ketones is 1. The lowest BCUT2D eigenvalue weighted by Gasteiger charge is -2.27. The molecule has 2 heterocycles. The van der Waals surface area contributed by atoms with Gasteiger partial charge >= 0.3 is 15.2 Å². The molecule has 2 N–H and O–H groups in total. The summed E-state index contributed by atoms with van der Waals surface area (Å²) in [5.74, 6) is -0.410. The number of hydrogen-bond acceptors (Lipinski definition) is 11. The van der Waals surface area contributed by atoms with Gasteiger partial charge < -0.3 is 38.0 Å². The molecule has 0 atom stereocenters. The number of hydrogen-bond donors (Lipinski definition) is 2. The quantitative estimate of drug-likeness (QED) is 0.148. The molecule has 0 spiro atoms. The second kappa shape index (κ2) is 13.5. The number of benzene rings is 2. The van der Waals surface area contributed by atoms with Gasteiger partial charge in [0.2, 0.25) is 5.52 Å². The fourth-order valence-electron chi connectivity index (χ4n) is 4.30. The van der Waals surface area contributed by atoms with Crippen LogP contribution in [0.2, 0.25) is 0 Å². The molecule has 220 valence electrons. The zero-order valence-electron chi connectivity index (χ0n) is 22.4. The monoisotopic (exact) mass is 601 g/mol. The van der Waals surface area contributed by atoms with Crippen LogP contribution in [0.25, 0.3) is 0 Å². The number of ether oxygens (including phenoxy) is 2. The lowest BCUT2D eigenvalue weighted by Crippen LogP contribution is -2.21. The van der Waals surface area contributed by atoms with Gasteiger partial charge in [0.05, 0.1) is 45.2 Å². The summed E-state index contributed by atoms with van der Waals surface area (Å²) < 4.78 is 73.4. The summed E-state index contributed by atoms with van der Waals surface area (Å²) in [7, 11) is -7.74. The van der Waals surface area contributed by atoms with E-state index in [1.807, 2.05) is 6.92 Å². The van der Waals surface area contributed by atoms with E-state index in [2.05, 4.69) is 5.32 Å². The number of unbranched alkanes of at least 4 members (excludes halogenated alkanes) is 1. The van der Waals surface area contributed by atoms with Crippen molar-refractivity contribution in [1.82, 2.24) is 0 Å². The molecule has 2 fully saturated rings. The number of Topliss-reactive ketones (excluding diaryl/α,β-unsaturated/α-hetero) is 1. The van der Waals surface area contributed by atoms with E-state index in [9.17, 15) is 23.4 Å². The van der Waals surface area contributed by atoms with Gasteiger partial charge in [0.25, 0.3) is 0 Å². The molecule has 14 heteroatoms. The number of carbonyl (C=O) groups excluding carboxylic acids is 1. The van der Waals surface area contributed by atoms with Crippen LogP contribution in [0.4, 0.5) is 10.1 Å². The zero-order valence-corrected chi connectivity index (χ0v) is 24.2. The molecular weight excluding hydrogens is 567 g/mol. The van der Waals surface area contributed by atoms with Gasteiger partial charge in [-0.1, -0.05) is 13.3 Å². The average Bonchev–Trinajstić information content (AvgIpc) is 3.57. The first-order valence-electron chi connectivity index (χ1n) is 13.1. The smallest absolute Gasteiger partial charge is 0.365 e. The average molecular weight is 602 g/mol. The van der Waals surface area contributed by atoms with E-state index in [-0.39, 0.29) is 61.6 Å². The van der Waals surface area contributed by atoms with Gasteiger partial charge in [-0.15, -0.1) is 0 Å². The maximum absolute atomic E-state index is 14.5. The summed E-state index contributed by atoms with van der Waals surface area (Å²) >= 11 is 0. The van der Waals surface area contributed by atoms with Crippen molar-refractivity contribution in [3.05, 3.63) is 47.3 Å². The number of phenols is 1. The van der Waals surface area contributed by atoms with E-state index in [0.29, 0.717) is 37.2 Å². The number of carbonyl (C=O) groups is 1. The third kappa shape index (κ3) is 7.05. The number of anilines is 1. The minimum absolute atomic E-state index is 0.0476. The lowest BCUT2D eigenvalue weighted by molar-refractivity contribution is 0.101. The molecule has 40 heavy (non-hydrogen) atoms. The number of halogens is 1. The van der Waals surface area contributed by atoms with Crippen LogP contribution < -0.4 is 14.8 Å². The second-order valence-corrected chi connectivity index (χ2v) is 13.9. The summed E-state index contributed by atoms with van der Waals surface area (Å²) in [5.41, 5.74) is -0.282. The van der Waals surface area contributed by atoms with Crippen LogP contribution in [-0.2, 0) is 33.6 Å². The zero-order chi connectivity index (χ0) is 28.8. The van der Waals surface area contributed by atoms with E-state index in [1.54, 1.807) is 12.1 Å². The first kappa shape index (κ1) is 30.5. The summed E-state index contributed by atoms with van der Waals surface area (Å²) in [6, 6.07) is 7.15. The SMILES string of the molecule is CCCc1c(OCCCCOc2cc(NC(P3(=O)OCCO3)P3(=O)OCCO3)ccc2F)ccc(C(C)=O)c1O. The van der Waals surface area contributed by atoms with Crippen LogP contribution >= 0.6 is 15.2 Å². The minimum Gasteiger partial charge on any atom is -0.507 e. The maximum Gasteiger partial charge on any atom is 0.365 e. The molecule has 0 amide bonds. The lowest BCUT2D eigenvalue weighted by atomic mass is 10.0. The van der Waals surface area contributed by atoms with E-state index >= 15 is 0 Å². The topological polar surface area (TPSA) is 139 Å². The molecule has 2 aromatic rings. The normalized spacial score (nSPS) is 17.7. The van der Waals surface area contributed by atoms with Gasteiger partial charge in [0.15, 0.2) is 17.3 Å². The minimum atomic E-state index is -3.87. The standard InChI is InChI=1S/C26H34FNO10P2/c1-3-6-21-23(10-8-20(18(2)29)25(21)30)33-11-4-5-12-34-24-17-19(7-9-22(24)27)28-26(39(31)35-13-14-36-39)40(32)37-15-16-38-40/h7-10,17,26,28,30H,3-6,11-16H2,1-2H3. The van der Waals surface area contributed by atoms with Crippen LogP contribution in [0.5, 0.6) is 17.2 Å². The van der Waals surface area contributed by atoms with Gasteiger partial charge in [-0.25, -0.2) is 4.39 Å². The molecular formula is C26H34FNO10P2. The third-order valence-electron chi connectivity index (χ3n) is 6.25. The second-order valence-electron chi connectivity index (χ2n) is 9.22. The fraction of sp³-hybridized carbons (Fsp3) is 0.500. The van der Waals surface area contributed by atoms with E-state index in [4.69, 9.17) is 27.6 Å². The van der Waals surface area contributed by atoms with E-state index in [0.717, 1.165) is 6.42 Å². The Morgan fingerprint density at radius 2 is 1.55 bits per heavy atom. The number of rotatable bonds is 14. The summed E-state index contributed by atoms with van der Waals surface area (Å²) in [6.45, 7) is 4.16. The Labute approximate surface area is 232 Å². The Morgan fingerprint density at radius 1 is 0.975 bits per heavy atom. The molecule has 0 aromatic heterocycles. The molecule has 0 unspecified atom stereocenters. The molecule has 2 aliphatic heterocycles. The van der Waals surface area contributed by atoms with Gasteiger partial charge in [-0.2, -0.15) is 0 Å². The van der Waals surface area contributed by atoms with Crippen molar-refractivity contribution in [3.63, 3.8) is 0 Å². The number of aromatic hydroxyl groups is 1. The van der Waals surface area contributed by atoms with Gasteiger partial charge in [-0.3, -0.25) is 13.9 Å². The Bertz CT molecular complexity index is 1260. The molecule has 4 rings (SSSR count). The van der Waals surface area contributed by atoms with Crippen molar-refractivity contribution in [3.8, 4) is 17.2 Å². The van der Waals surface area contributed by atoms with Crippen molar-refractivity contribution in [2.45, 2.75) is 45.1 Å². The molecule has 11 nitrogen and oxygen atoms in total. The van der Waals surface area contributed by atoms with Crippen LogP contribution in [0.1, 0.15) is 49.0 Å². The maximum atomic E-state index is 14.5. The Hall–Kier alpha value is -2.46. The van der Waals surface area contributed by atoms with Crippen molar-refractivity contribution >= 4 is 26.7 Å². The van der Waals surface area contributed by atoms with E-state index in [1.165, 1.54) is 25.1 Å². The van der Waals surface area contributed by atoms with Crippen LogP contribution in [0, 0.1) is 5.82 Å². The van der Waals surface area contributed by atoms with Crippen molar-refractivity contribution < 1.29 is 51.0 Å². The molecule has 2 saturated heterocycles. The Kier molecular flexibility index (Phi) is 10.3. The summed E-state index contributed by atoms with van der Waals surface area (Å²) in [6.07, 6.45) is 2.46. The predicted molar refractivity (Wildman–Crippen MR) is 145 cm³/mol. The highest BCUT2D eigenvalue weighted by molar-refractivity contribution is 7.73. The molecule has 0 radical (unpaired) electrons. The first-order valence-corrected chi connectivity index (χ1v) is 16.3. The van der Waals surface area contributed by atoms with Crippen molar-refractivity contribution in [1.29, 1.82) is 0 Å². The Balaban J connectivity index is 1.33. The summed E-state index contributed by atoms with van der Waals surface area (Å²) in [4.78, 5) is 11.7. The van der Waals surface area contributed by atoms with E-state index < -0.39 is 26.5 Å². The molecule has 0 aliphatic carbocycles. The molecule has 2 aliphatic rings. The molecule has 2 aromatic carbocycles. The number of phenolic OH excluding ortho intramolecular Hbond substituents is 1. The largest absolute Gasteiger partial charge is 0.507 e. The van der Waals surface area contributed by atoms with Crippen LogP contribution in [0.15, 0.2) is 30.3 Å². The Morgan fingerprint density at radius 3 is 2.10 bits per heavy atom. The predicted octanol–water partition coefficient (Wildman–Crippen LogP) is 6.10. The number of nitrogens with one attached hydrogen (secondary N) is 1. The third-order valence-corrected chi connectivity index (χ3v) is 11.6. The highest BCUT2D eigenvalue weighted by atomic mass is 31.2. The molecule has 0 saturated carbocycles. The van der Waals surface area contributed by atoms with Gasteiger partial charge in [0, 0.05) is 17.3 Å². The van der Waals surface area contributed by atoms with Crippen LogP contribution in [-0.4, -0.2) is 56.1 Å². The highest BCUT2D eigenvalue weighted by Crippen LogP contribution is 2.72. The first-order chi connectivity index (χ1) is 19.2. The fourth-order valence-corrected chi connectivity index (χ4v) is 9.13. The van der Waals surface area contributed by atoms with Crippen LogP contribution in [0.3, 0.4) is 0 Å². The van der Waals surface area contributed by atoms with Crippen molar-refractivity contribution in [2.75, 3.05) is 45.0 Å². The summed E-state index contributed by atoms with van der Waals surface area (Å²) in [5, 5.41) is 13.3.